The van der Waals surface area contributed by atoms with E-state index in [4.69, 9.17) is 18.9 Å². The molecule has 6 rings (SSSR count). The molecule has 2 aliphatic heterocycles. The van der Waals surface area contributed by atoms with Gasteiger partial charge in [0.1, 0.15) is 5.41 Å². The maximum Gasteiger partial charge on any atom is 0.231 e. The van der Waals surface area contributed by atoms with Crippen LogP contribution in [0.15, 0.2) is 35.4 Å². The molecule has 2 aromatic carbocycles. The Morgan fingerprint density at radius 1 is 0.741 bits per heavy atom. The number of Topliss-reactive ketones (excluding diaryl/α,β-unsaturated/α-hetero) is 1. The molecule has 0 fully saturated rings. The second-order valence-electron chi connectivity index (χ2n) is 7.32. The summed E-state index contributed by atoms with van der Waals surface area (Å²) in [6.07, 6.45) is 4.15. The third kappa shape index (κ3) is 1.67. The third-order valence-electron chi connectivity index (χ3n) is 6.01. The Morgan fingerprint density at radius 3 is 1.93 bits per heavy atom. The van der Waals surface area contributed by atoms with Crippen LogP contribution in [-0.4, -0.2) is 19.4 Å². The zero-order chi connectivity index (χ0) is 18.3. The molecule has 0 N–H and O–H groups in total. The Bertz CT molecular complexity index is 1120. The van der Waals surface area contributed by atoms with Crippen LogP contribution in [0.3, 0.4) is 0 Å². The number of fused-ring (bicyclic) bond motifs is 5. The number of ether oxygens (including phenoxy) is 4. The first-order chi connectivity index (χ1) is 13.1. The summed E-state index contributed by atoms with van der Waals surface area (Å²) in [7, 11) is 0. The molecule has 0 radical (unpaired) electrons. The number of ketones is 1. The number of carbonyl (C=O) groups excluding carboxylic acids is 1. The quantitative estimate of drug-likeness (QED) is 0.708. The molecule has 0 aromatic heterocycles. The highest BCUT2D eigenvalue weighted by Crippen LogP contribution is 2.55. The maximum absolute atomic E-state index is 13.9. The van der Waals surface area contributed by atoms with Gasteiger partial charge >= 0.3 is 0 Å². The van der Waals surface area contributed by atoms with Gasteiger partial charge in [0, 0.05) is 5.56 Å². The van der Waals surface area contributed by atoms with Crippen LogP contribution >= 0.6 is 0 Å². The predicted octanol–water partition coefficient (Wildman–Crippen LogP) is 4.10. The zero-order valence-electron chi connectivity index (χ0n) is 14.9. The van der Waals surface area contributed by atoms with Crippen LogP contribution in [0.4, 0.5) is 0 Å². The second-order valence-corrected chi connectivity index (χ2v) is 7.32. The summed E-state index contributed by atoms with van der Waals surface area (Å²) < 4.78 is 22.1. The fourth-order valence-electron chi connectivity index (χ4n) is 4.78. The number of hydrogen-bond acceptors (Lipinski definition) is 5. The van der Waals surface area contributed by atoms with Gasteiger partial charge in [0.15, 0.2) is 28.8 Å². The molecule has 5 heteroatoms. The molecule has 4 aliphatic rings. The molecule has 2 aromatic rings. The molecule has 1 atom stereocenters. The fourth-order valence-corrected chi connectivity index (χ4v) is 4.78. The van der Waals surface area contributed by atoms with Gasteiger partial charge in [0.05, 0.1) is 0 Å². The lowest BCUT2D eigenvalue weighted by molar-refractivity contribution is 0.0930. The summed E-state index contributed by atoms with van der Waals surface area (Å²) in [6, 6.07) is 7.62. The van der Waals surface area contributed by atoms with E-state index in [0.717, 1.165) is 33.6 Å². The van der Waals surface area contributed by atoms with E-state index in [1.165, 1.54) is 0 Å². The number of hydrogen-bond donors (Lipinski definition) is 0. The number of carbonyl (C=O) groups is 1. The van der Waals surface area contributed by atoms with Crippen molar-refractivity contribution in [2.24, 2.45) is 0 Å². The topological polar surface area (TPSA) is 54.0 Å². The molecule has 134 valence electrons. The highest BCUT2D eigenvalue weighted by Gasteiger charge is 2.51. The Kier molecular flexibility index (Phi) is 2.62. The van der Waals surface area contributed by atoms with Gasteiger partial charge in [0.2, 0.25) is 13.6 Å². The van der Waals surface area contributed by atoms with E-state index >= 15 is 0 Å². The van der Waals surface area contributed by atoms with Crippen LogP contribution in [0, 0.1) is 0 Å². The molecule has 5 nitrogen and oxygen atoms in total. The van der Waals surface area contributed by atoms with Crippen molar-refractivity contribution in [3.8, 4) is 23.0 Å². The minimum absolute atomic E-state index is 0.0576. The van der Waals surface area contributed by atoms with Gasteiger partial charge in [0.25, 0.3) is 0 Å². The van der Waals surface area contributed by atoms with Crippen LogP contribution < -0.4 is 18.9 Å². The summed E-state index contributed by atoms with van der Waals surface area (Å²) in [5, 5.41) is 0. The molecular weight excluding hydrogens is 344 g/mol. The lowest BCUT2D eigenvalue weighted by atomic mass is 9.64. The highest BCUT2D eigenvalue weighted by atomic mass is 16.7. The van der Waals surface area contributed by atoms with Crippen molar-refractivity contribution in [2.75, 3.05) is 13.6 Å². The smallest absolute Gasteiger partial charge is 0.231 e. The SMILES string of the molecule is CC1=Cc2cc3c(cc2C(=O)C12C(C)=Cc1cc4c(cc12)OCO4)OCO3. The number of rotatable bonds is 0. The van der Waals surface area contributed by atoms with Gasteiger partial charge in [-0.25, -0.2) is 0 Å². The average Bonchev–Trinajstić information content (AvgIpc) is 3.34. The normalized spacial score (nSPS) is 23.3. The lowest BCUT2D eigenvalue weighted by Gasteiger charge is -2.36. The zero-order valence-corrected chi connectivity index (χ0v) is 14.9. The Balaban J connectivity index is 1.61. The molecule has 0 saturated heterocycles. The molecule has 27 heavy (non-hydrogen) atoms. The van der Waals surface area contributed by atoms with E-state index in [9.17, 15) is 4.79 Å². The second kappa shape index (κ2) is 4.74. The molecule has 2 heterocycles. The van der Waals surface area contributed by atoms with Crippen molar-refractivity contribution in [3.63, 3.8) is 0 Å². The van der Waals surface area contributed by atoms with Crippen LogP contribution in [0.5, 0.6) is 23.0 Å². The Morgan fingerprint density at radius 2 is 1.26 bits per heavy atom. The molecule has 0 amide bonds. The molecule has 1 unspecified atom stereocenters. The lowest BCUT2D eigenvalue weighted by Crippen LogP contribution is -2.39. The van der Waals surface area contributed by atoms with Crippen molar-refractivity contribution in [1.82, 2.24) is 0 Å². The minimum Gasteiger partial charge on any atom is -0.454 e. The molecular formula is C22H16O5. The van der Waals surface area contributed by atoms with Crippen LogP contribution in [0.25, 0.3) is 12.2 Å². The number of benzene rings is 2. The van der Waals surface area contributed by atoms with Crippen molar-refractivity contribution >= 4 is 17.9 Å². The molecule has 1 spiro atoms. The van der Waals surface area contributed by atoms with E-state index in [1.807, 2.05) is 38.1 Å². The maximum atomic E-state index is 13.9. The standard InChI is InChI=1S/C22H16O5/c1-11-3-13-5-17-19(26-9-24-17)7-15(13)21(23)22(11)12(2)4-14-6-18-20(8-16(14)22)27-10-25-18/h3-8H,9-10H2,1-2H3. The molecule has 0 saturated carbocycles. The Hall–Kier alpha value is -3.21. The van der Waals surface area contributed by atoms with Crippen molar-refractivity contribution in [3.05, 3.63) is 57.7 Å². The monoisotopic (exact) mass is 360 g/mol. The minimum atomic E-state index is -0.809. The van der Waals surface area contributed by atoms with E-state index in [-0.39, 0.29) is 19.4 Å². The van der Waals surface area contributed by atoms with Gasteiger partial charge < -0.3 is 18.9 Å². The summed E-state index contributed by atoms with van der Waals surface area (Å²) >= 11 is 0. The number of allylic oxidation sites excluding steroid dienone is 2. The van der Waals surface area contributed by atoms with Crippen LogP contribution in [0.1, 0.15) is 40.9 Å². The first-order valence-electron chi connectivity index (χ1n) is 8.89. The van der Waals surface area contributed by atoms with Crippen LogP contribution in [-0.2, 0) is 5.41 Å². The predicted molar refractivity (Wildman–Crippen MR) is 98.4 cm³/mol. The van der Waals surface area contributed by atoms with Crippen molar-refractivity contribution < 1.29 is 23.7 Å². The van der Waals surface area contributed by atoms with E-state index in [0.29, 0.717) is 22.8 Å². The summed E-state index contributed by atoms with van der Waals surface area (Å²) in [5.74, 6) is 2.78. The van der Waals surface area contributed by atoms with Crippen molar-refractivity contribution in [1.29, 1.82) is 0 Å². The average molecular weight is 360 g/mol. The summed E-state index contributed by atoms with van der Waals surface area (Å²) in [5.41, 5.74) is 4.66. The van der Waals surface area contributed by atoms with Gasteiger partial charge in [-0.3, -0.25) is 4.79 Å². The molecule has 0 bridgehead atoms. The third-order valence-corrected chi connectivity index (χ3v) is 6.01. The first-order valence-corrected chi connectivity index (χ1v) is 8.89. The van der Waals surface area contributed by atoms with Crippen molar-refractivity contribution in [2.45, 2.75) is 19.3 Å². The highest BCUT2D eigenvalue weighted by molar-refractivity contribution is 6.16. The first kappa shape index (κ1) is 14.9. The van der Waals surface area contributed by atoms with Gasteiger partial charge in [-0.1, -0.05) is 23.3 Å². The van der Waals surface area contributed by atoms with E-state index in [2.05, 4.69) is 12.2 Å². The van der Waals surface area contributed by atoms with Crippen LogP contribution in [0.2, 0.25) is 0 Å². The van der Waals surface area contributed by atoms with E-state index < -0.39 is 5.41 Å². The summed E-state index contributed by atoms with van der Waals surface area (Å²) in [4.78, 5) is 13.9. The fraction of sp³-hybridized carbons (Fsp3) is 0.227. The Labute approximate surface area is 155 Å². The van der Waals surface area contributed by atoms with Gasteiger partial charge in [-0.15, -0.1) is 0 Å². The molecule has 2 aliphatic carbocycles. The van der Waals surface area contributed by atoms with Gasteiger partial charge in [-0.2, -0.15) is 0 Å². The van der Waals surface area contributed by atoms with Gasteiger partial charge in [-0.05, 0) is 54.8 Å². The largest absolute Gasteiger partial charge is 0.454 e. The summed E-state index contributed by atoms with van der Waals surface area (Å²) in [6.45, 7) is 4.43. The van der Waals surface area contributed by atoms with E-state index in [1.54, 1.807) is 0 Å².